The number of hydrogen-bond acceptors (Lipinski definition) is 9. The summed E-state index contributed by atoms with van der Waals surface area (Å²) in [4.78, 5) is 58.7. The lowest BCUT2D eigenvalue weighted by Crippen LogP contribution is -2.59. The van der Waals surface area contributed by atoms with Gasteiger partial charge in [0, 0.05) is 0 Å². The summed E-state index contributed by atoms with van der Waals surface area (Å²) >= 11 is 1.44. The summed E-state index contributed by atoms with van der Waals surface area (Å²) in [7, 11) is 0. The van der Waals surface area contributed by atoms with Crippen LogP contribution < -0.4 is 21.7 Å². The molecule has 172 valence electrons. The zero-order valence-electron chi connectivity index (χ0n) is 16.5. The Kier molecular flexibility index (Phi) is 12.6. The minimum Gasteiger partial charge on any atom is -0.481 e. The van der Waals surface area contributed by atoms with E-state index in [0.717, 1.165) is 6.92 Å². The molecule has 9 N–H and O–H groups in total. The van der Waals surface area contributed by atoms with Crippen molar-refractivity contribution in [1.29, 1.82) is 0 Å². The maximum absolute atomic E-state index is 12.4. The number of aliphatic carboxylic acids is 2. The molecule has 0 spiro atoms. The van der Waals surface area contributed by atoms with Crippen LogP contribution in [-0.2, 0) is 24.0 Å². The predicted octanol–water partition coefficient (Wildman–Crippen LogP) is -3.55. The summed E-state index contributed by atoms with van der Waals surface area (Å²) < 4.78 is 0. The van der Waals surface area contributed by atoms with Crippen LogP contribution in [0.5, 0.6) is 0 Å². The molecule has 0 fully saturated rings. The number of carbonyl (C=O) groups excluding carboxylic acids is 3. The maximum atomic E-state index is 12.4. The number of thioether (sulfide) groups is 1. The molecule has 13 nitrogen and oxygen atoms in total. The van der Waals surface area contributed by atoms with Crippen molar-refractivity contribution >= 4 is 41.4 Å². The van der Waals surface area contributed by atoms with E-state index in [1.807, 2.05) is 10.6 Å². The van der Waals surface area contributed by atoms with Crippen LogP contribution in [0.3, 0.4) is 0 Å². The minimum atomic E-state index is -1.70. The van der Waals surface area contributed by atoms with Crippen molar-refractivity contribution in [2.45, 2.75) is 50.0 Å². The van der Waals surface area contributed by atoms with E-state index in [4.69, 9.17) is 15.9 Å². The van der Waals surface area contributed by atoms with Crippen LogP contribution in [0, 0.1) is 0 Å². The van der Waals surface area contributed by atoms with Crippen LogP contribution in [0.25, 0.3) is 0 Å². The van der Waals surface area contributed by atoms with Crippen LogP contribution in [0.1, 0.15) is 19.8 Å². The van der Waals surface area contributed by atoms with Gasteiger partial charge in [-0.25, -0.2) is 4.79 Å². The Hall–Kier alpha value is -2.42. The summed E-state index contributed by atoms with van der Waals surface area (Å²) in [5, 5.41) is 42.9. The highest BCUT2D eigenvalue weighted by atomic mass is 32.2. The van der Waals surface area contributed by atoms with E-state index < -0.39 is 73.0 Å². The zero-order chi connectivity index (χ0) is 23.4. The Balaban J connectivity index is 5.21. The number of nitrogens with two attached hydrogens (primary N) is 1. The molecule has 3 amide bonds. The highest BCUT2D eigenvalue weighted by molar-refractivity contribution is 7.98. The molecule has 5 unspecified atom stereocenters. The Morgan fingerprint density at radius 3 is 1.93 bits per heavy atom. The molecule has 0 rings (SSSR count). The van der Waals surface area contributed by atoms with Crippen LogP contribution in [0.4, 0.5) is 0 Å². The van der Waals surface area contributed by atoms with Crippen LogP contribution in [0.15, 0.2) is 0 Å². The Bertz CT molecular complexity index is 632. The van der Waals surface area contributed by atoms with Crippen molar-refractivity contribution in [3.8, 4) is 0 Å². The van der Waals surface area contributed by atoms with E-state index in [1.54, 1.807) is 6.26 Å². The van der Waals surface area contributed by atoms with Crippen molar-refractivity contribution < 1.29 is 44.4 Å². The Morgan fingerprint density at radius 2 is 1.50 bits per heavy atom. The third kappa shape index (κ3) is 9.87. The number of aliphatic hydroxyl groups is 2. The van der Waals surface area contributed by atoms with E-state index in [9.17, 15) is 34.2 Å². The number of carboxylic acids is 2. The molecule has 0 aliphatic rings. The van der Waals surface area contributed by atoms with Gasteiger partial charge in [-0.1, -0.05) is 0 Å². The molecule has 0 saturated heterocycles. The van der Waals surface area contributed by atoms with E-state index in [0.29, 0.717) is 5.75 Å². The monoisotopic (exact) mass is 452 g/mol. The van der Waals surface area contributed by atoms with E-state index in [1.165, 1.54) is 11.8 Å². The molecule has 14 heteroatoms. The molecule has 0 radical (unpaired) electrons. The van der Waals surface area contributed by atoms with Gasteiger partial charge in [-0.2, -0.15) is 11.8 Å². The first-order valence-electron chi connectivity index (χ1n) is 8.83. The molecule has 0 saturated carbocycles. The quantitative estimate of drug-likeness (QED) is 0.129. The molecular weight excluding hydrogens is 424 g/mol. The van der Waals surface area contributed by atoms with Gasteiger partial charge in [0.15, 0.2) is 6.04 Å². The third-order valence-electron chi connectivity index (χ3n) is 3.84. The second-order valence-corrected chi connectivity index (χ2v) is 7.34. The number of hydrogen-bond donors (Lipinski definition) is 8. The van der Waals surface area contributed by atoms with Crippen molar-refractivity contribution in [1.82, 2.24) is 16.0 Å². The highest BCUT2D eigenvalue weighted by Crippen LogP contribution is 2.02. The fourth-order valence-electron chi connectivity index (χ4n) is 2.15. The molecular formula is C16H28N4O9S. The molecule has 0 aromatic carbocycles. The smallest absolute Gasteiger partial charge is 0.328 e. The lowest BCUT2D eigenvalue weighted by Gasteiger charge is -2.24. The lowest BCUT2D eigenvalue weighted by atomic mass is 10.1. The molecule has 0 aromatic rings. The standard InChI is InChI=1S/C16H28N4O9S/c1-7(22)12(16(28)29)20-15(27)10(6-21)19-14(26)9(5-11(23)24)18-13(25)8(17)3-4-30-2/h7-10,12,21-22H,3-6,17H2,1-2H3,(H,18,25)(H,19,26)(H,20,27)(H,23,24)(H,28,29). The van der Waals surface area contributed by atoms with Crippen molar-refractivity contribution in [3.05, 3.63) is 0 Å². The first kappa shape index (κ1) is 27.6. The van der Waals surface area contributed by atoms with Gasteiger partial charge in [-0.15, -0.1) is 0 Å². The largest absolute Gasteiger partial charge is 0.481 e. The van der Waals surface area contributed by atoms with E-state index >= 15 is 0 Å². The number of carboxylic acid groups (broad SMARTS) is 2. The van der Waals surface area contributed by atoms with Crippen molar-refractivity contribution in [3.63, 3.8) is 0 Å². The number of carbonyl (C=O) groups is 5. The summed E-state index contributed by atoms with van der Waals surface area (Å²) in [5.74, 6) is -5.40. The fraction of sp³-hybridized carbons (Fsp3) is 0.688. The molecule has 0 aliphatic heterocycles. The molecule has 0 bridgehead atoms. The van der Waals surface area contributed by atoms with Crippen LogP contribution in [-0.4, -0.2) is 99.0 Å². The van der Waals surface area contributed by atoms with Crippen LogP contribution >= 0.6 is 11.8 Å². The van der Waals surface area contributed by atoms with Crippen molar-refractivity contribution in [2.75, 3.05) is 18.6 Å². The Labute approximate surface area is 176 Å². The first-order valence-corrected chi connectivity index (χ1v) is 10.2. The van der Waals surface area contributed by atoms with Gasteiger partial charge in [0.25, 0.3) is 0 Å². The third-order valence-corrected chi connectivity index (χ3v) is 4.49. The summed E-state index contributed by atoms with van der Waals surface area (Å²) in [6.45, 7) is 0.162. The maximum Gasteiger partial charge on any atom is 0.328 e. The molecule has 0 aliphatic carbocycles. The van der Waals surface area contributed by atoms with Gasteiger partial charge < -0.3 is 42.1 Å². The van der Waals surface area contributed by atoms with E-state index in [-0.39, 0.29) is 6.42 Å². The second-order valence-electron chi connectivity index (χ2n) is 6.36. The molecule has 5 atom stereocenters. The average Bonchev–Trinajstić information content (AvgIpc) is 2.66. The number of nitrogens with one attached hydrogen (secondary N) is 3. The Morgan fingerprint density at radius 1 is 0.967 bits per heavy atom. The van der Waals surface area contributed by atoms with Gasteiger partial charge in [-0.05, 0) is 25.4 Å². The SMILES string of the molecule is CSCCC(N)C(=O)NC(CC(=O)O)C(=O)NC(CO)C(=O)NC(C(=O)O)C(C)O. The normalized spacial score (nSPS) is 15.8. The van der Waals surface area contributed by atoms with Crippen LogP contribution in [0.2, 0.25) is 0 Å². The zero-order valence-corrected chi connectivity index (χ0v) is 17.3. The van der Waals surface area contributed by atoms with Crippen molar-refractivity contribution in [2.24, 2.45) is 5.73 Å². The van der Waals surface area contributed by atoms with Gasteiger partial charge in [0.1, 0.15) is 12.1 Å². The van der Waals surface area contributed by atoms with Gasteiger partial charge >= 0.3 is 11.9 Å². The summed E-state index contributed by atoms with van der Waals surface area (Å²) in [6, 6.07) is -5.94. The second kappa shape index (κ2) is 13.7. The van der Waals surface area contributed by atoms with Gasteiger partial charge in [-0.3, -0.25) is 19.2 Å². The summed E-state index contributed by atoms with van der Waals surface area (Å²) in [6.07, 6.45) is -0.203. The number of amides is 3. The number of aliphatic hydroxyl groups excluding tert-OH is 2. The molecule has 30 heavy (non-hydrogen) atoms. The first-order chi connectivity index (χ1) is 13.9. The average molecular weight is 452 g/mol. The topological polar surface area (TPSA) is 228 Å². The molecule has 0 aromatic heterocycles. The van der Waals surface area contributed by atoms with Gasteiger partial charge in [0.2, 0.25) is 17.7 Å². The fourth-order valence-corrected chi connectivity index (χ4v) is 2.64. The van der Waals surface area contributed by atoms with E-state index in [2.05, 4.69) is 5.32 Å². The summed E-state index contributed by atoms with van der Waals surface area (Å²) in [5.41, 5.74) is 5.68. The van der Waals surface area contributed by atoms with Gasteiger partial charge in [0.05, 0.1) is 25.2 Å². The minimum absolute atomic E-state index is 0.284. The highest BCUT2D eigenvalue weighted by Gasteiger charge is 2.32. The molecule has 0 heterocycles. The number of rotatable bonds is 14. The predicted molar refractivity (Wildman–Crippen MR) is 105 cm³/mol. The lowest BCUT2D eigenvalue weighted by molar-refractivity contribution is -0.146.